The van der Waals surface area contributed by atoms with Crippen LogP contribution in [0.1, 0.15) is 65.3 Å². The van der Waals surface area contributed by atoms with Gasteiger partial charge >= 0.3 is 0 Å². The Morgan fingerprint density at radius 2 is 2.00 bits per heavy atom. The van der Waals surface area contributed by atoms with E-state index < -0.39 is 0 Å². The molecular formula is C24H32N2O3. The molecule has 0 saturated carbocycles. The molecule has 1 saturated heterocycles. The fraction of sp³-hybridized carbons (Fsp3) is 0.542. The number of hydrogen-bond donors (Lipinski definition) is 0. The zero-order valence-electron chi connectivity index (χ0n) is 17.7. The Bertz CT molecular complexity index is 838. The van der Waals surface area contributed by atoms with Gasteiger partial charge in [0, 0.05) is 18.7 Å². The third kappa shape index (κ3) is 4.57. The third-order valence-corrected chi connectivity index (χ3v) is 6.22. The van der Waals surface area contributed by atoms with Gasteiger partial charge in [0.2, 0.25) is 0 Å². The number of carbonyl (C=O) groups excluding carboxylic acids is 1. The van der Waals surface area contributed by atoms with E-state index in [1.54, 1.807) is 0 Å². The number of amides is 1. The molecule has 0 bridgehead atoms. The standard InChI is InChI=1S/C24H32N2O3/c1-3-26(17-23-21-10-6-5-9-19(21)11-14-28-23)24(27)22-15-20(18(2)29-22)16-25-12-7-4-8-13-25/h5-6,9-10,15,23H,3-4,7-8,11-14,16-17H2,1-2H3. The molecule has 29 heavy (non-hydrogen) atoms. The number of aryl methyl sites for hydroxylation is 1. The molecule has 3 heterocycles. The molecule has 4 rings (SSSR count). The number of likely N-dealkylation sites (N-methyl/N-ethyl adjacent to an activating group) is 1. The summed E-state index contributed by atoms with van der Waals surface area (Å²) in [6.45, 7) is 8.99. The Labute approximate surface area is 173 Å². The maximum absolute atomic E-state index is 13.2. The van der Waals surface area contributed by atoms with E-state index >= 15 is 0 Å². The lowest BCUT2D eigenvalue weighted by molar-refractivity contribution is 0.0154. The lowest BCUT2D eigenvalue weighted by Gasteiger charge is -2.30. The van der Waals surface area contributed by atoms with Crippen LogP contribution in [0.5, 0.6) is 0 Å². The molecule has 0 N–H and O–H groups in total. The zero-order valence-corrected chi connectivity index (χ0v) is 17.7. The highest BCUT2D eigenvalue weighted by Gasteiger charge is 2.27. The quantitative estimate of drug-likeness (QED) is 0.728. The first kappa shape index (κ1) is 20.2. The number of benzene rings is 1. The normalized spacial score (nSPS) is 19.7. The summed E-state index contributed by atoms with van der Waals surface area (Å²) < 4.78 is 11.9. The van der Waals surface area contributed by atoms with Crippen molar-refractivity contribution in [3.8, 4) is 0 Å². The molecule has 1 fully saturated rings. The van der Waals surface area contributed by atoms with Crippen LogP contribution in [0, 0.1) is 6.92 Å². The highest BCUT2D eigenvalue weighted by atomic mass is 16.5. The van der Waals surface area contributed by atoms with Gasteiger partial charge in [-0.1, -0.05) is 30.7 Å². The van der Waals surface area contributed by atoms with E-state index in [0.29, 0.717) is 25.5 Å². The molecule has 1 amide bonds. The summed E-state index contributed by atoms with van der Waals surface area (Å²) in [4.78, 5) is 17.5. The van der Waals surface area contributed by atoms with Crippen molar-refractivity contribution in [2.24, 2.45) is 0 Å². The van der Waals surface area contributed by atoms with Crippen molar-refractivity contribution >= 4 is 5.91 Å². The van der Waals surface area contributed by atoms with Crippen LogP contribution in [0.4, 0.5) is 0 Å². The van der Waals surface area contributed by atoms with E-state index in [1.807, 2.05) is 30.9 Å². The molecule has 2 aliphatic rings. The molecule has 0 aliphatic carbocycles. The van der Waals surface area contributed by atoms with Crippen LogP contribution in [-0.4, -0.2) is 48.5 Å². The highest BCUT2D eigenvalue weighted by Crippen LogP contribution is 2.28. The molecule has 5 heteroatoms. The van der Waals surface area contributed by atoms with Gasteiger partial charge in [-0.15, -0.1) is 0 Å². The summed E-state index contributed by atoms with van der Waals surface area (Å²) in [5.41, 5.74) is 3.65. The van der Waals surface area contributed by atoms with E-state index in [-0.39, 0.29) is 12.0 Å². The minimum atomic E-state index is -0.0762. The number of hydrogen-bond acceptors (Lipinski definition) is 4. The predicted octanol–water partition coefficient (Wildman–Crippen LogP) is 4.35. The molecule has 156 valence electrons. The monoisotopic (exact) mass is 396 g/mol. The predicted molar refractivity (Wildman–Crippen MR) is 113 cm³/mol. The molecule has 0 radical (unpaired) electrons. The van der Waals surface area contributed by atoms with Crippen LogP contribution < -0.4 is 0 Å². The van der Waals surface area contributed by atoms with Gasteiger partial charge in [0.15, 0.2) is 5.76 Å². The molecule has 1 aromatic carbocycles. The zero-order chi connectivity index (χ0) is 20.2. The van der Waals surface area contributed by atoms with Crippen LogP contribution in [0.25, 0.3) is 0 Å². The molecule has 0 spiro atoms. The SMILES string of the molecule is CCN(CC1OCCc2ccccc21)C(=O)c1cc(CN2CCCCC2)c(C)o1. The van der Waals surface area contributed by atoms with Gasteiger partial charge in [0.1, 0.15) is 11.9 Å². The van der Waals surface area contributed by atoms with Gasteiger partial charge in [0.25, 0.3) is 5.91 Å². The number of ether oxygens (including phenoxy) is 1. The summed E-state index contributed by atoms with van der Waals surface area (Å²) in [5.74, 6) is 1.25. The minimum absolute atomic E-state index is 0.0489. The Morgan fingerprint density at radius 3 is 2.79 bits per heavy atom. The second-order valence-electron chi connectivity index (χ2n) is 8.18. The molecule has 1 unspecified atom stereocenters. The Balaban J connectivity index is 1.46. The van der Waals surface area contributed by atoms with Crippen LogP contribution in [0.3, 0.4) is 0 Å². The minimum Gasteiger partial charge on any atom is -0.456 e. The van der Waals surface area contributed by atoms with E-state index in [9.17, 15) is 4.79 Å². The summed E-state index contributed by atoms with van der Waals surface area (Å²) in [6.07, 6.45) is 4.70. The van der Waals surface area contributed by atoms with Gasteiger partial charge in [-0.3, -0.25) is 9.69 Å². The molecule has 1 atom stereocenters. The summed E-state index contributed by atoms with van der Waals surface area (Å²) in [5, 5.41) is 0. The second kappa shape index (κ2) is 9.14. The Hall–Kier alpha value is -2.11. The summed E-state index contributed by atoms with van der Waals surface area (Å²) in [6, 6.07) is 10.3. The molecule has 2 aliphatic heterocycles. The fourth-order valence-electron chi connectivity index (χ4n) is 4.48. The van der Waals surface area contributed by atoms with E-state index in [0.717, 1.165) is 37.4 Å². The lowest BCUT2D eigenvalue weighted by Crippen LogP contribution is -2.36. The second-order valence-corrected chi connectivity index (χ2v) is 8.18. The number of carbonyl (C=O) groups is 1. The number of likely N-dealkylation sites (tertiary alicyclic amines) is 1. The summed E-state index contributed by atoms with van der Waals surface area (Å²) in [7, 11) is 0. The molecule has 2 aromatic rings. The average Bonchev–Trinajstić information content (AvgIpc) is 3.12. The van der Waals surface area contributed by atoms with Gasteiger partial charge < -0.3 is 14.1 Å². The topological polar surface area (TPSA) is 45.9 Å². The third-order valence-electron chi connectivity index (χ3n) is 6.22. The molecule has 5 nitrogen and oxygen atoms in total. The first-order valence-electron chi connectivity index (χ1n) is 11.0. The number of furan rings is 1. The van der Waals surface area contributed by atoms with Gasteiger partial charge in [-0.05, 0) is 63.4 Å². The molecule has 1 aromatic heterocycles. The van der Waals surface area contributed by atoms with Crippen LogP contribution in [0.2, 0.25) is 0 Å². The lowest BCUT2D eigenvalue weighted by atomic mass is 9.97. The fourth-order valence-corrected chi connectivity index (χ4v) is 4.48. The van der Waals surface area contributed by atoms with Crippen molar-refractivity contribution < 1.29 is 13.9 Å². The number of fused-ring (bicyclic) bond motifs is 1. The Kier molecular flexibility index (Phi) is 6.36. The van der Waals surface area contributed by atoms with Gasteiger partial charge in [0.05, 0.1) is 13.2 Å². The van der Waals surface area contributed by atoms with Crippen molar-refractivity contribution in [1.29, 1.82) is 0 Å². The van der Waals surface area contributed by atoms with Crippen molar-refractivity contribution in [2.45, 2.75) is 52.2 Å². The van der Waals surface area contributed by atoms with Crippen molar-refractivity contribution in [3.63, 3.8) is 0 Å². The van der Waals surface area contributed by atoms with E-state index in [4.69, 9.17) is 9.15 Å². The number of piperidine rings is 1. The maximum Gasteiger partial charge on any atom is 0.289 e. The van der Waals surface area contributed by atoms with Crippen molar-refractivity contribution in [1.82, 2.24) is 9.80 Å². The van der Waals surface area contributed by atoms with E-state index in [1.165, 1.54) is 30.4 Å². The van der Waals surface area contributed by atoms with Gasteiger partial charge in [-0.2, -0.15) is 0 Å². The number of rotatable bonds is 6. The van der Waals surface area contributed by atoms with Crippen LogP contribution in [0.15, 0.2) is 34.7 Å². The number of nitrogens with zero attached hydrogens (tertiary/aromatic N) is 2. The average molecular weight is 397 g/mol. The van der Waals surface area contributed by atoms with Crippen LogP contribution >= 0.6 is 0 Å². The first-order chi connectivity index (χ1) is 14.2. The smallest absolute Gasteiger partial charge is 0.289 e. The van der Waals surface area contributed by atoms with Crippen molar-refractivity contribution in [3.05, 3.63) is 58.5 Å². The molecular weight excluding hydrogens is 364 g/mol. The van der Waals surface area contributed by atoms with Crippen LogP contribution in [-0.2, 0) is 17.7 Å². The maximum atomic E-state index is 13.2. The van der Waals surface area contributed by atoms with E-state index in [2.05, 4.69) is 23.1 Å². The largest absolute Gasteiger partial charge is 0.456 e. The first-order valence-corrected chi connectivity index (χ1v) is 11.0. The summed E-state index contributed by atoms with van der Waals surface area (Å²) >= 11 is 0. The van der Waals surface area contributed by atoms with Crippen molar-refractivity contribution in [2.75, 3.05) is 32.8 Å². The highest BCUT2D eigenvalue weighted by molar-refractivity contribution is 5.91. The van der Waals surface area contributed by atoms with Gasteiger partial charge in [-0.25, -0.2) is 0 Å². The Morgan fingerprint density at radius 1 is 1.21 bits per heavy atom.